The number of carbonyl (C=O) groups excluding carboxylic acids is 1. The highest BCUT2D eigenvalue weighted by atomic mass is 35.5. The van der Waals surface area contributed by atoms with E-state index in [0.717, 1.165) is 6.42 Å². The zero-order valence-electron chi connectivity index (χ0n) is 12.7. The van der Waals surface area contributed by atoms with Crippen LogP contribution < -0.4 is 9.46 Å². The van der Waals surface area contributed by atoms with Crippen LogP contribution in [0.3, 0.4) is 0 Å². The number of hydrogen-bond donors (Lipinski definition) is 1. The molecular formula is C15H16ClN3O4S. The average Bonchev–Trinajstić information content (AvgIpc) is 2.98. The molecule has 24 heavy (non-hydrogen) atoms. The summed E-state index contributed by atoms with van der Waals surface area (Å²) in [5.41, 5.74) is 0.732. The number of halogens is 1. The molecule has 2 aromatic rings. The van der Waals surface area contributed by atoms with Crippen LogP contribution in [0.15, 0.2) is 30.3 Å². The Labute approximate surface area is 144 Å². The normalized spacial score (nSPS) is 13.9. The molecule has 1 aliphatic heterocycles. The Kier molecular flexibility index (Phi) is 4.77. The molecule has 0 saturated carbocycles. The first-order valence-electron chi connectivity index (χ1n) is 7.43. The van der Waals surface area contributed by atoms with Crippen molar-refractivity contribution in [1.82, 2.24) is 14.5 Å². The lowest BCUT2D eigenvalue weighted by molar-refractivity contribution is 0.0975. The van der Waals surface area contributed by atoms with Crippen molar-refractivity contribution in [2.24, 2.45) is 0 Å². The van der Waals surface area contributed by atoms with Gasteiger partial charge in [0.25, 0.3) is 5.91 Å². The minimum absolute atomic E-state index is 0.0215. The maximum absolute atomic E-state index is 12.1. The zero-order valence-corrected chi connectivity index (χ0v) is 14.3. The van der Waals surface area contributed by atoms with Crippen LogP contribution in [0.2, 0.25) is 5.02 Å². The molecule has 1 aliphatic rings. The van der Waals surface area contributed by atoms with Crippen molar-refractivity contribution in [2.75, 3.05) is 12.4 Å². The van der Waals surface area contributed by atoms with E-state index < -0.39 is 15.9 Å². The van der Waals surface area contributed by atoms with Gasteiger partial charge in [0, 0.05) is 24.1 Å². The van der Waals surface area contributed by atoms with Gasteiger partial charge in [0.2, 0.25) is 15.9 Å². The second kappa shape index (κ2) is 6.82. The summed E-state index contributed by atoms with van der Waals surface area (Å²) in [6, 6.07) is 8.43. The zero-order chi connectivity index (χ0) is 17.2. The fourth-order valence-corrected chi connectivity index (χ4v) is 3.58. The van der Waals surface area contributed by atoms with Gasteiger partial charge in [-0.05, 0) is 18.1 Å². The molecular weight excluding hydrogens is 354 g/mol. The summed E-state index contributed by atoms with van der Waals surface area (Å²) in [5.74, 6) is -0.536. The van der Waals surface area contributed by atoms with Crippen molar-refractivity contribution in [2.45, 2.75) is 19.4 Å². The van der Waals surface area contributed by atoms with Crippen molar-refractivity contribution in [1.29, 1.82) is 0 Å². The summed E-state index contributed by atoms with van der Waals surface area (Å²) < 4.78 is 33.1. The number of sulfonamides is 1. The lowest BCUT2D eigenvalue weighted by atomic mass is 10.2. The Hall–Kier alpha value is -2.06. The van der Waals surface area contributed by atoms with Crippen molar-refractivity contribution in [3.05, 3.63) is 46.6 Å². The third kappa shape index (κ3) is 3.88. The number of nitrogens with zero attached hydrogens (tertiary/aromatic N) is 2. The first-order valence-corrected chi connectivity index (χ1v) is 9.46. The van der Waals surface area contributed by atoms with Gasteiger partial charge >= 0.3 is 0 Å². The average molecular weight is 370 g/mol. The summed E-state index contributed by atoms with van der Waals surface area (Å²) in [6.45, 7) is 1.20. The summed E-state index contributed by atoms with van der Waals surface area (Å²) in [6.07, 6.45) is 1.01. The summed E-state index contributed by atoms with van der Waals surface area (Å²) in [5, 5.41) is 4.56. The smallest absolute Gasteiger partial charge is 0.285 e. The van der Waals surface area contributed by atoms with Gasteiger partial charge in [0.1, 0.15) is 0 Å². The second-order valence-corrected chi connectivity index (χ2v) is 7.63. The Morgan fingerprint density at radius 1 is 1.38 bits per heavy atom. The lowest BCUT2D eigenvalue weighted by Gasteiger charge is -2.13. The topological polar surface area (TPSA) is 90.3 Å². The van der Waals surface area contributed by atoms with Gasteiger partial charge in [-0.2, -0.15) is 5.10 Å². The first-order chi connectivity index (χ1) is 11.4. The number of benzene rings is 1. The maximum atomic E-state index is 12.1. The minimum atomic E-state index is -3.79. The molecule has 9 heteroatoms. The molecule has 0 bridgehead atoms. The molecule has 1 aromatic carbocycles. The van der Waals surface area contributed by atoms with Crippen LogP contribution in [0, 0.1) is 0 Å². The molecule has 1 amide bonds. The Morgan fingerprint density at radius 3 is 2.92 bits per heavy atom. The van der Waals surface area contributed by atoms with Crippen molar-refractivity contribution >= 4 is 27.5 Å². The van der Waals surface area contributed by atoms with E-state index in [-0.39, 0.29) is 17.9 Å². The van der Waals surface area contributed by atoms with Gasteiger partial charge in [-0.1, -0.05) is 29.8 Å². The van der Waals surface area contributed by atoms with Crippen LogP contribution in [-0.2, 0) is 23.0 Å². The Balaban J connectivity index is 1.64. The third-order valence-electron chi connectivity index (χ3n) is 3.59. The quantitative estimate of drug-likeness (QED) is 0.864. The van der Waals surface area contributed by atoms with E-state index in [1.54, 1.807) is 28.9 Å². The highest BCUT2D eigenvalue weighted by Crippen LogP contribution is 2.19. The van der Waals surface area contributed by atoms with E-state index in [1.807, 2.05) is 4.72 Å². The lowest BCUT2D eigenvalue weighted by Crippen LogP contribution is -2.33. The predicted molar refractivity (Wildman–Crippen MR) is 88.7 cm³/mol. The van der Waals surface area contributed by atoms with E-state index in [1.165, 1.54) is 6.07 Å². The van der Waals surface area contributed by atoms with Crippen LogP contribution in [-0.4, -0.2) is 36.5 Å². The fourth-order valence-electron chi connectivity index (χ4n) is 2.37. The molecule has 0 spiro atoms. The summed E-state index contributed by atoms with van der Waals surface area (Å²) >= 11 is 6.00. The van der Waals surface area contributed by atoms with Crippen molar-refractivity contribution in [3.63, 3.8) is 0 Å². The predicted octanol–water partition coefficient (Wildman–Crippen LogP) is 1.62. The summed E-state index contributed by atoms with van der Waals surface area (Å²) in [4.78, 5) is 12.1. The number of fused-ring (bicyclic) bond motifs is 1. The second-order valence-electron chi connectivity index (χ2n) is 5.38. The molecule has 0 saturated heterocycles. The van der Waals surface area contributed by atoms with E-state index in [4.69, 9.17) is 16.3 Å². The van der Waals surface area contributed by atoms with Crippen LogP contribution in [0.25, 0.3) is 0 Å². The molecule has 128 valence electrons. The van der Waals surface area contributed by atoms with E-state index >= 15 is 0 Å². The Bertz CT molecular complexity index is 840. The van der Waals surface area contributed by atoms with Gasteiger partial charge in [-0.15, -0.1) is 0 Å². The van der Waals surface area contributed by atoms with Crippen LogP contribution in [0.5, 0.6) is 5.88 Å². The number of hydrogen-bond acceptors (Lipinski definition) is 5. The molecule has 0 unspecified atom stereocenters. The number of rotatable bonds is 5. The molecule has 0 fully saturated rings. The highest BCUT2D eigenvalue weighted by molar-refractivity contribution is 7.90. The molecule has 1 aromatic heterocycles. The number of nitrogens with one attached hydrogen (secondary N) is 1. The SMILES string of the molecule is O=C(NS(=O)(=O)CCc1ccccc1Cl)c1cc2n(n1)CCCO2. The van der Waals surface area contributed by atoms with Crippen LogP contribution >= 0.6 is 11.6 Å². The standard InChI is InChI=1S/C15H16ClN3O4S/c16-12-5-2-1-4-11(12)6-9-24(21,22)18-15(20)13-10-14-19(17-13)7-3-8-23-14/h1-2,4-5,10H,3,6-9H2,(H,18,20). The first kappa shape index (κ1) is 16.8. The van der Waals surface area contributed by atoms with Gasteiger partial charge in [0.05, 0.1) is 12.4 Å². The van der Waals surface area contributed by atoms with Crippen LogP contribution in [0.4, 0.5) is 0 Å². The number of aryl methyl sites for hydroxylation is 2. The number of aromatic nitrogens is 2. The number of amides is 1. The molecule has 0 radical (unpaired) electrons. The number of carbonyl (C=O) groups is 1. The summed E-state index contributed by atoms with van der Waals surface area (Å²) in [7, 11) is -3.79. The molecule has 7 nitrogen and oxygen atoms in total. The molecule has 1 N–H and O–H groups in total. The fraction of sp³-hybridized carbons (Fsp3) is 0.333. The van der Waals surface area contributed by atoms with E-state index in [0.29, 0.717) is 29.6 Å². The molecule has 0 atom stereocenters. The molecule has 3 rings (SSSR count). The molecule has 2 heterocycles. The minimum Gasteiger partial charge on any atom is -0.478 e. The highest BCUT2D eigenvalue weighted by Gasteiger charge is 2.22. The van der Waals surface area contributed by atoms with Crippen LogP contribution in [0.1, 0.15) is 22.5 Å². The van der Waals surface area contributed by atoms with Gasteiger partial charge in [-0.3, -0.25) is 4.79 Å². The van der Waals surface area contributed by atoms with Gasteiger partial charge in [-0.25, -0.2) is 17.8 Å². The van der Waals surface area contributed by atoms with E-state index in [9.17, 15) is 13.2 Å². The largest absolute Gasteiger partial charge is 0.478 e. The number of ether oxygens (including phenoxy) is 1. The molecule has 0 aliphatic carbocycles. The monoisotopic (exact) mass is 369 g/mol. The van der Waals surface area contributed by atoms with Gasteiger partial charge in [0.15, 0.2) is 5.69 Å². The van der Waals surface area contributed by atoms with E-state index in [2.05, 4.69) is 5.10 Å². The van der Waals surface area contributed by atoms with Gasteiger partial charge < -0.3 is 4.74 Å². The maximum Gasteiger partial charge on any atom is 0.285 e. The van der Waals surface area contributed by atoms with Crippen molar-refractivity contribution < 1.29 is 17.9 Å². The third-order valence-corrected chi connectivity index (χ3v) is 5.19. The van der Waals surface area contributed by atoms with Crippen molar-refractivity contribution in [3.8, 4) is 5.88 Å². The Morgan fingerprint density at radius 2 is 2.17 bits per heavy atom.